The van der Waals surface area contributed by atoms with Crippen LogP contribution in [-0.2, 0) is 12.7 Å². The highest BCUT2D eigenvalue weighted by molar-refractivity contribution is 5.45. The first-order chi connectivity index (χ1) is 11.4. The lowest BCUT2D eigenvalue weighted by Crippen LogP contribution is -2.46. The van der Waals surface area contributed by atoms with Crippen molar-refractivity contribution in [1.82, 2.24) is 14.9 Å². The third-order valence-corrected chi connectivity index (χ3v) is 4.26. The second kappa shape index (κ2) is 6.76. The summed E-state index contributed by atoms with van der Waals surface area (Å²) in [7, 11) is 0. The van der Waals surface area contributed by atoms with E-state index < -0.39 is 11.7 Å². The zero-order valence-corrected chi connectivity index (χ0v) is 13.4. The third kappa shape index (κ3) is 3.67. The van der Waals surface area contributed by atoms with Crippen molar-refractivity contribution in [2.45, 2.75) is 19.6 Å². The average molecular weight is 336 g/mol. The summed E-state index contributed by atoms with van der Waals surface area (Å²) in [6, 6.07) is 5.80. The number of benzene rings is 1. The molecule has 0 N–H and O–H groups in total. The number of hydrogen-bond acceptors (Lipinski definition) is 4. The highest BCUT2D eigenvalue weighted by Gasteiger charge is 2.33. The van der Waals surface area contributed by atoms with Crippen molar-refractivity contribution in [1.29, 1.82) is 0 Å². The molecule has 4 nitrogen and oxygen atoms in total. The summed E-state index contributed by atoms with van der Waals surface area (Å²) in [5.41, 5.74) is 0.795. The van der Waals surface area contributed by atoms with E-state index in [4.69, 9.17) is 0 Å². The third-order valence-electron chi connectivity index (χ3n) is 4.26. The minimum absolute atomic E-state index is 0.312. The molecular formula is C17H19F3N4. The van der Waals surface area contributed by atoms with Gasteiger partial charge in [0.2, 0.25) is 0 Å². The fourth-order valence-electron chi connectivity index (χ4n) is 3.02. The van der Waals surface area contributed by atoms with Gasteiger partial charge in [-0.1, -0.05) is 18.2 Å². The van der Waals surface area contributed by atoms with Crippen molar-refractivity contribution in [3.8, 4) is 0 Å². The molecule has 3 rings (SSSR count). The van der Waals surface area contributed by atoms with Gasteiger partial charge in [0.1, 0.15) is 12.1 Å². The first kappa shape index (κ1) is 16.7. The highest BCUT2D eigenvalue weighted by atomic mass is 19.4. The Bertz CT molecular complexity index is 694. The average Bonchev–Trinajstić information content (AvgIpc) is 2.56. The fraction of sp³-hybridized carbons (Fsp3) is 0.412. The molecule has 0 radical (unpaired) electrons. The molecule has 0 spiro atoms. The number of hydrogen-bond donors (Lipinski definition) is 0. The Labute approximate surface area is 138 Å². The van der Waals surface area contributed by atoms with Gasteiger partial charge in [-0.3, -0.25) is 4.90 Å². The van der Waals surface area contributed by atoms with Crippen LogP contribution in [0.25, 0.3) is 0 Å². The van der Waals surface area contributed by atoms with Crippen molar-refractivity contribution in [3.05, 3.63) is 53.5 Å². The van der Waals surface area contributed by atoms with Crippen LogP contribution in [0.4, 0.5) is 19.0 Å². The Morgan fingerprint density at radius 2 is 1.79 bits per heavy atom. The van der Waals surface area contributed by atoms with Crippen LogP contribution in [0.15, 0.2) is 36.8 Å². The van der Waals surface area contributed by atoms with E-state index in [1.54, 1.807) is 18.3 Å². The molecule has 0 amide bonds. The molecule has 2 heterocycles. The monoisotopic (exact) mass is 336 g/mol. The normalized spacial score (nSPS) is 16.4. The van der Waals surface area contributed by atoms with E-state index >= 15 is 0 Å². The van der Waals surface area contributed by atoms with Crippen LogP contribution in [0.1, 0.15) is 16.7 Å². The molecule has 24 heavy (non-hydrogen) atoms. The molecular weight excluding hydrogens is 317 g/mol. The molecule has 1 aliphatic rings. The quantitative estimate of drug-likeness (QED) is 0.862. The zero-order valence-electron chi connectivity index (χ0n) is 13.4. The summed E-state index contributed by atoms with van der Waals surface area (Å²) in [6.07, 6.45) is -1.01. The first-order valence-corrected chi connectivity index (χ1v) is 7.84. The van der Waals surface area contributed by atoms with E-state index in [2.05, 4.69) is 19.8 Å². The number of halogens is 3. The maximum absolute atomic E-state index is 13.1. The van der Waals surface area contributed by atoms with E-state index in [0.29, 0.717) is 25.2 Å². The SMILES string of the molecule is Cc1cncnc1N1CCN(Cc2ccccc2C(F)(F)F)CC1. The van der Waals surface area contributed by atoms with Crippen molar-refractivity contribution in [3.63, 3.8) is 0 Å². The molecule has 0 aliphatic carbocycles. The summed E-state index contributed by atoms with van der Waals surface area (Å²) in [5.74, 6) is 0.903. The predicted molar refractivity (Wildman–Crippen MR) is 85.7 cm³/mol. The van der Waals surface area contributed by atoms with Crippen molar-refractivity contribution < 1.29 is 13.2 Å². The molecule has 0 atom stereocenters. The van der Waals surface area contributed by atoms with Gasteiger partial charge in [0.15, 0.2) is 0 Å². The van der Waals surface area contributed by atoms with Crippen LogP contribution in [0.5, 0.6) is 0 Å². The highest BCUT2D eigenvalue weighted by Crippen LogP contribution is 2.32. The Balaban J connectivity index is 1.66. The lowest BCUT2D eigenvalue weighted by Gasteiger charge is -2.36. The second-order valence-corrected chi connectivity index (χ2v) is 5.95. The molecule has 1 aliphatic heterocycles. The lowest BCUT2D eigenvalue weighted by atomic mass is 10.1. The number of piperazine rings is 1. The summed E-state index contributed by atoms with van der Waals surface area (Å²) in [6.45, 7) is 5.16. The number of aryl methyl sites for hydroxylation is 1. The van der Waals surface area contributed by atoms with Crippen molar-refractivity contribution in [2.24, 2.45) is 0 Å². The standard InChI is InChI=1S/C17H19F3N4/c1-13-10-21-12-22-16(13)24-8-6-23(7-9-24)11-14-4-2-3-5-15(14)17(18,19)20/h2-5,10,12H,6-9,11H2,1H3. The number of rotatable bonds is 3. The summed E-state index contributed by atoms with van der Waals surface area (Å²) >= 11 is 0. The second-order valence-electron chi connectivity index (χ2n) is 5.95. The number of aromatic nitrogens is 2. The molecule has 0 bridgehead atoms. The topological polar surface area (TPSA) is 32.3 Å². The van der Waals surface area contributed by atoms with Gasteiger partial charge in [0.05, 0.1) is 5.56 Å². The smallest absolute Gasteiger partial charge is 0.354 e. The van der Waals surface area contributed by atoms with Crippen LogP contribution in [0, 0.1) is 6.92 Å². The molecule has 128 valence electrons. The van der Waals surface area contributed by atoms with Gasteiger partial charge in [-0.05, 0) is 18.6 Å². The van der Waals surface area contributed by atoms with Gasteiger partial charge >= 0.3 is 6.18 Å². The molecule has 1 saturated heterocycles. The van der Waals surface area contributed by atoms with E-state index in [0.717, 1.165) is 30.5 Å². The Morgan fingerprint density at radius 1 is 1.08 bits per heavy atom. The molecule has 0 saturated carbocycles. The van der Waals surface area contributed by atoms with E-state index in [9.17, 15) is 13.2 Å². The molecule has 1 aromatic heterocycles. The van der Waals surface area contributed by atoms with Gasteiger partial charge in [0, 0.05) is 44.5 Å². The van der Waals surface area contributed by atoms with Crippen LogP contribution in [0.3, 0.4) is 0 Å². The Morgan fingerprint density at radius 3 is 2.46 bits per heavy atom. The zero-order chi connectivity index (χ0) is 17.2. The predicted octanol–water partition coefficient (Wildman–Crippen LogP) is 3.13. The van der Waals surface area contributed by atoms with E-state index in [1.165, 1.54) is 12.4 Å². The van der Waals surface area contributed by atoms with Crippen molar-refractivity contribution in [2.75, 3.05) is 31.1 Å². The maximum Gasteiger partial charge on any atom is 0.416 e. The van der Waals surface area contributed by atoms with Gasteiger partial charge < -0.3 is 4.90 Å². The van der Waals surface area contributed by atoms with Gasteiger partial charge in [-0.15, -0.1) is 0 Å². The molecule has 7 heteroatoms. The Kier molecular flexibility index (Phi) is 4.71. The van der Waals surface area contributed by atoms with Crippen LogP contribution in [0.2, 0.25) is 0 Å². The van der Waals surface area contributed by atoms with Gasteiger partial charge in [-0.2, -0.15) is 13.2 Å². The van der Waals surface area contributed by atoms with Gasteiger partial charge in [-0.25, -0.2) is 9.97 Å². The molecule has 2 aromatic rings. The van der Waals surface area contributed by atoms with Gasteiger partial charge in [0.25, 0.3) is 0 Å². The number of nitrogens with zero attached hydrogens (tertiary/aromatic N) is 4. The molecule has 1 fully saturated rings. The summed E-state index contributed by atoms with van der Waals surface area (Å²) in [5, 5.41) is 0. The fourth-order valence-corrected chi connectivity index (χ4v) is 3.02. The lowest BCUT2D eigenvalue weighted by molar-refractivity contribution is -0.138. The van der Waals surface area contributed by atoms with Crippen LogP contribution in [-0.4, -0.2) is 41.0 Å². The largest absolute Gasteiger partial charge is 0.416 e. The Hall–Kier alpha value is -2.15. The number of anilines is 1. The minimum Gasteiger partial charge on any atom is -0.354 e. The van der Waals surface area contributed by atoms with E-state index in [-0.39, 0.29) is 0 Å². The minimum atomic E-state index is -4.31. The number of alkyl halides is 3. The van der Waals surface area contributed by atoms with Crippen molar-refractivity contribution >= 4 is 5.82 Å². The molecule has 1 aromatic carbocycles. The summed E-state index contributed by atoms with van der Waals surface area (Å²) < 4.78 is 39.3. The molecule has 0 unspecified atom stereocenters. The summed E-state index contributed by atoms with van der Waals surface area (Å²) in [4.78, 5) is 12.5. The first-order valence-electron chi connectivity index (χ1n) is 7.84. The van der Waals surface area contributed by atoms with E-state index in [1.807, 2.05) is 6.92 Å². The maximum atomic E-state index is 13.1. The van der Waals surface area contributed by atoms with Crippen LogP contribution < -0.4 is 4.90 Å². The van der Waals surface area contributed by atoms with Crippen LogP contribution >= 0.6 is 0 Å².